The summed E-state index contributed by atoms with van der Waals surface area (Å²) in [5.41, 5.74) is 5.96. The number of nitrogens with two attached hydrogens (primary N) is 1. The summed E-state index contributed by atoms with van der Waals surface area (Å²) in [4.78, 5) is 1.79. The Morgan fingerprint density at radius 1 is 1.28 bits per heavy atom. The van der Waals surface area contributed by atoms with E-state index in [4.69, 9.17) is 5.73 Å². The predicted molar refractivity (Wildman–Crippen MR) is 67.9 cm³/mol. The van der Waals surface area contributed by atoms with Crippen LogP contribution in [0, 0.1) is 0 Å². The van der Waals surface area contributed by atoms with Crippen molar-refractivity contribution in [2.24, 2.45) is 5.73 Å². The Labute approximate surface area is 106 Å². The van der Waals surface area contributed by atoms with Crippen molar-refractivity contribution in [2.75, 3.05) is 25.5 Å². The minimum Gasteiger partial charge on any atom is -0.378 e. The van der Waals surface area contributed by atoms with Crippen LogP contribution in [0.4, 0.5) is 18.9 Å². The average molecular weight is 260 g/mol. The van der Waals surface area contributed by atoms with Crippen LogP contribution in [-0.4, -0.2) is 20.6 Å². The molecule has 0 amide bonds. The molecule has 102 valence electrons. The van der Waals surface area contributed by atoms with Crippen molar-refractivity contribution in [3.63, 3.8) is 0 Å². The summed E-state index contributed by atoms with van der Waals surface area (Å²) in [5.74, 6) is -0.202. The number of alkyl halides is 3. The third-order valence-electron chi connectivity index (χ3n) is 2.99. The Hall–Kier alpha value is -1.23. The molecular weight excluding hydrogens is 241 g/mol. The summed E-state index contributed by atoms with van der Waals surface area (Å²) in [7, 11) is 3.61. The highest BCUT2D eigenvalue weighted by Crippen LogP contribution is 2.37. The van der Waals surface area contributed by atoms with E-state index in [-0.39, 0.29) is 5.92 Å². The van der Waals surface area contributed by atoms with Crippen molar-refractivity contribution in [1.82, 2.24) is 0 Å². The van der Waals surface area contributed by atoms with Gasteiger partial charge in [-0.3, -0.25) is 0 Å². The molecule has 1 aromatic rings. The summed E-state index contributed by atoms with van der Waals surface area (Å²) >= 11 is 0. The zero-order valence-electron chi connectivity index (χ0n) is 10.9. The van der Waals surface area contributed by atoms with Gasteiger partial charge in [0.15, 0.2) is 0 Å². The molecule has 18 heavy (non-hydrogen) atoms. The molecule has 2 nitrogen and oxygen atoms in total. The summed E-state index contributed by atoms with van der Waals surface area (Å²) < 4.78 is 38.8. The summed E-state index contributed by atoms with van der Waals surface area (Å²) in [5, 5.41) is 0. The smallest absolute Gasteiger partial charge is 0.378 e. The topological polar surface area (TPSA) is 29.3 Å². The van der Waals surface area contributed by atoms with Gasteiger partial charge in [-0.2, -0.15) is 13.2 Å². The zero-order valence-corrected chi connectivity index (χ0v) is 10.9. The van der Waals surface area contributed by atoms with Crippen LogP contribution in [0.25, 0.3) is 0 Å². The highest BCUT2D eigenvalue weighted by atomic mass is 19.4. The van der Waals surface area contributed by atoms with Crippen molar-refractivity contribution in [3.05, 3.63) is 29.3 Å². The Kier molecular flexibility index (Phi) is 4.62. The molecule has 0 spiro atoms. The van der Waals surface area contributed by atoms with Gasteiger partial charge in [0, 0.05) is 19.8 Å². The first kappa shape index (κ1) is 14.8. The van der Waals surface area contributed by atoms with E-state index >= 15 is 0 Å². The SMILES string of the molecule is CC(CCN)c1cc(N(C)C)ccc1C(F)(F)F. The molecule has 0 aliphatic carbocycles. The lowest BCUT2D eigenvalue weighted by molar-refractivity contribution is -0.138. The zero-order chi connectivity index (χ0) is 13.9. The molecule has 2 N–H and O–H groups in total. The van der Waals surface area contributed by atoms with Crippen LogP contribution in [0.5, 0.6) is 0 Å². The maximum atomic E-state index is 12.9. The minimum atomic E-state index is -4.32. The largest absolute Gasteiger partial charge is 0.416 e. The highest BCUT2D eigenvalue weighted by Gasteiger charge is 2.34. The molecule has 0 aliphatic rings. The van der Waals surface area contributed by atoms with E-state index < -0.39 is 11.7 Å². The number of benzene rings is 1. The van der Waals surface area contributed by atoms with E-state index in [2.05, 4.69) is 0 Å². The van der Waals surface area contributed by atoms with Crippen LogP contribution in [0.1, 0.15) is 30.4 Å². The van der Waals surface area contributed by atoms with Gasteiger partial charge in [-0.1, -0.05) is 6.92 Å². The molecule has 0 aromatic heterocycles. The quantitative estimate of drug-likeness (QED) is 0.900. The van der Waals surface area contributed by atoms with E-state index in [0.717, 1.165) is 11.8 Å². The van der Waals surface area contributed by atoms with Crippen LogP contribution in [0.15, 0.2) is 18.2 Å². The number of halogens is 3. The normalized spacial score (nSPS) is 13.5. The second-order valence-electron chi connectivity index (χ2n) is 4.64. The Bertz CT molecular complexity index is 400. The number of hydrogen-bond donors (Lipinski definition) is 1. The van der Waals surface area contributed by atoms with E-state index in [0.29, 0.717) is 18.5 Å². The monoisotopic (exact) mass is 260 g/mol. The van der Waals surface area contributed by atoms with E-state index in [1.54, 1.807) is 32.0 Å². The number of nitrogens with zero attached hydrogens (tertiary/aromatic N) is 1. The first-order chi connectivity index (χ1) is 8.27. The molecule has 1 atom stereocenters. The molecule has 0 saturated carbocycles. The van der Waals surface area contributed by atoms with Crippen molar-refractivity contribution in [1.29, 1.82) is 0 Å². The Morgan fingerprint density at radius 3 is 2.33 bits per heavy atom. The maximum Gasteiger partial charge on any atom is 0.416 e. The van der Waals surface area contributed by atoms with Gasteiger partial charge >= 0.3 is 6.18 Å². The first-order valence-corrected chi connectivity index (χ1v) is 5.86. The van der Waals surface area contributed by atoms with Crippen LogP contribution < -0.4 is 10.6 Å². The van der Waals surface area contributed by atoms with Crippen LogP contribution >= 0.6 is 0 Å². The van der Waals surface area contributed by atoms with Gasteiger partial charge in [-0.15, -0.1) is 0 Å². The van der Waals surface area contributed by atoms with Crippen molar-refractivity contribution in [3.8, 4) is 0 Å². The fourth-order valence-corrected chi connectivity index (χ4v) is 1.90. The molecule has 0 bridgehead atoms. The standard InChI is InChI=1S/C13H19F3N2/c1-9(6-7-17)11-8-10(18(2)3)4-5-12(11)13(14,15)16/h4-5,8-9H,6-7,17H2,1-3H3. The lowest BCUT2D eigenvalue weighted by atomic mass is 9.92. The lowest BCUT2D eigenvalue weighted by Crippen LogP contribution is -2.15. The van der Waals surface area contributed by atoms with Gasteiger partial charge in [-0.05, 0) is 42.6 Å². The molecule has 0 saturated heterocycles. The minimum absolute atomic E-state index is 0.202. The second-order valence-corrected chi connectivity index (χ2v) is 4.64. The summed E-state index contributed by atoms with van der Waals surface area (Å²) in [6.07, 6.45) is -3.77. The average Bonchev–Trinajstić information content (AvgIpc) is 2.27. The van der Waals surface area contributed by atoms with Crippen LogP contribution in [-0.2, 0) is 6.18 Å². The molecule has 1 aromatic carbocycles. The van der Waals surface area contributed by atoms with Gasteiger partial charge in [0.1, 0.15) is 0 Å². The highest BCUT2D eigenvalue weighted by molar-refractivity contribution is 5.51. The van der Waals surface area contributed by atoms with Crippen LogP contribution in [0.2, 0.25) is 0 Å². The third kappa shape index (κ3) is 3.38. The fourth-order valence-electron chi connectivity index (χ4n) is 1.90. The summed E-state index contributed by atoms with van der Waals surface area (Å²) in [6, 6.07) is 4.24. The molecule has 0 aliphatic heterocycles. The van der Waals surface area contributed by atoms with Gasteiger partial charge in [-0.25, -0.2) is 0 Å². The van der Waals surface area contributed by atoms with E-state index in [9.17, 15) is 13.2 Å². The number of rotatable bonds is 4. The molecular formula is C13H19F3N2. The van der Waals surface area contributed by atoms with Crippen LogP contribution in [0.3, 0.4) is 0 Å². The fraction of sp³-hybridized carbons (Fsp3) is 0.538. The van der Waals surface area contributed by atoms with Crippen molar-refractivity contribution in [2.45, 2.75) is 25.4 Å². The van der Waals surface area contributed by atoms with Gasteiger partial charge in [0.25, 0.3) is 0 Å². The maximum absolute atomic E-state index is 12.9. The molecule has 1 rings (SSSR count). The Morgan fingerprint density at radius 2 is 1.89 bits per heavy atom. The van der Waals surface area contributed by atoms with Gasteiger partial charge in [0.2, 0.25) is 0 Å². The molecule has 0 radical (unpaired) electrons. The molecule has 0 heterocycles. The molecule has 1 unspecified atom stereocenters. The third-order valence-corrected chi connectivity index (χ3v) is 2.99. The van der Waals surface area contributed by atoms with Crippen molar-refractivity contribution < 1.29 is 13.2 Å². The predicted octanol–water partition coefficient (Wildman–Crippen LogP) is 3.22. The number of hydrogen-bond acceptors (Lipinski definition) is 2. The van der Waals surface area contributed by atoms with Gasteiger partial charge in [0.05, 0.1) is 5.56 Å². The second kappa shape index (κ2) is 5.61. The van der Waals surface area contributed by atoms with Crippen molar-refractivity contribution >= 4 is 5.69 Å². The van der Waals surface area contributed by atoms with Gasteiger partial charge < -0.3 is 10.6 Å². The van der Waals surface area contributed by atoms with E-state index in [1.165, 1.54) is 6.07 Å². The number of anilines is 1. The molecule has 5 heteroatoms. The summed E-state index contributed by atoms with van der Waals surface area (Å²) in [6.45, 7) is 2.15. The molecule has 0 fully saturated rings. The van der Waals surface area contributed by atoms with E-state index in [1.807, 2.05) is 0 Å². The first-order valence-electron chi connectivity index (χ1n) is 5.86. The lowest BCUT2D eigenvalue weighted by Gasteiger charge is -2.21. The Balaban J connectivity index is 3.26.